The van der Waals surface area contributed by atoms with E-state index in [0.29, 0.717) is 6.04 Å². The Labute approximate surface area is 138 Å². The fraction of sp³-hybridized carbons (Fsp3) is 0.588. The predicted octanol–water partition coefficient (Wildman–Crippen LogP) is 2.35. The molecule has 1 aromatic carbocycles. The zero-order valence-corrected chi connectivity index (χ0v) is 14.7. The van der Waals surface area contributed by atoms with E-state index in [1.54, 1.807) is 0 Å². The molecule has 22 heavy (non-hydrogen) atoms. The molecule has 2 rings (SSSR count). The molecule has 0 radical (unpaired) electrons. The Kier molecular flexibility index (Phi) is 7.06. The van der Waals surface area contributed by atoms with Crippen LogP contribution in [0.4, 0.5) is 0 Å². The Morgan fingerprint density at radius 3 is 2.68 bits per heavy atom. The summed E-state index contributed by atoms with van der Waals surface area (Å²) in [5, 5.41) is 7.65. The molecular weight excluding hydrogens is 292 g/mol. The normalized spacial score (nSPS) is 20.2. The van der Waals surface area contributed by atoms with Crippen molar-refractivity contribution in [1.82, 2.24) is 15.5 Å². The second kappa shape index (κ2) is 9.06. The summed E-state index contributed by atoms with van der Waals surface area (Å²) in [5.41, 5.74) is 1.32. The minimum atomic E-state index is 0.334. The Hall–Kier alpha value is -1.20. The number of guanidine groups is 1. The summed E-state index contributed by atoms with van der Waals surface area (Å²) in [5.74, 6) is 2.20. The van der Waals surface area contributed by atoms with Crippen LogP contribution in [-0.4, -0.2) is 56.1 Å². The molecule has 0 aliphatic carbocycles. The molecule has 2 atom stereocenters. The highest BCUT2D eigenvalue weighted by atomic mass is 32.2. The van der Waals surface area contributed by atoms with Gasteiger partial charge < -0.3 is 15.5 Å². The topological polar surface area (TPSA) is 39.7 Å². The van der Waals surface area contributed by atoms with Gasteiger partial charge in [-0.1, -0.05) is 30.3 Å². The number of rotatable bonds is 6. The average Bonchev–Trinajstić information content (AvgIpc) is 3.04. The van der Waals surface area contributed by atoms with Crippen molar-refractivity contribution in [1.29, 1.82) is 0 Å². The van der Waals surface area contributed by atoms with Crippen molar-refractivity contribution in [2.45, 2.75) is 24.1 Å². The van der Waals surface area contributed by atoms with Gasteiger partial charge in [0.2, 0.25) is 0 Å². The minimum Gasteiger partial charge on any atom is -0.355 e. The molecule has 0 aromatic heterocycles. The van der Waals surface area contributed by atoms with E-state index >= 15 is 0 Å². The van der Waals surface area contributed by atoms with Crippen molar-refractivity contribution >= 4 is 17.7 Å². The van der Waals surface area contributed by atoms with Crippen molar-refractivity contribution in [2.75, 3.05) is 40.0 Å². The van der Waals surface area contributed by atoms with Crippen molar-refractivity contribution < 1.29 is 0 Å². The number of hydrogen-bond acceptors (Lipinski definition) is 3. The molecular formula is C17H28N4S. The fourth-order valence-electron chi connectivity index (χ4n) is 2.70. The van der Waals surface area contributed by atoms with E-state index in [9.17, 15) is 0 Å². The van der Waals surface area contributed by atoms with E-state index in [1.807, 2.05) is 7.05 Å². The van der Waals surface area contributed by atoms with Gasteiger partial charge in [0.05, 0.1) is 6.04 Å². The van der Waals surface area contributed by atoms with Crippen molar-refractivity contribution in [3.05, 3.63) is 35.9 Å². The summed E-state index contributed by atoms with van der Waals surface area (Å²) in [6.07, 6.45) is 2.67. The summed E-state index contributed by atoms with van der Waals surface area (Å²) < 4.78 is 0. The van der Waals surface area contributed by atoms with Crippen LogP contribution in [0.5, 0.6) is 0 Å². The average molecular weight is 321 g/mol. The lowest BCUT2D eigenvalue weighted by Gasteiger charge is -2.26. The van der Waals surface area contributed by atoms with Gasteiger partial charge in [0.25, 0.3) is 0 Å². The highest BCUT2D eigenvalue weighted by molar-refractivity contribution is 8.00. The second-order valence-corrected chi connectivity index (χ2v) is 7.27. The quantitative estimate of drug-likeness (QED) is 0.623. The minimum absolute atomic E-state index is 0.334. The molecule has 4 nitrogen and oxygen atoms in total. The summed E-state index contributed by atoms with van der Waals surface area (Å²) in [6, 6.07) is 10.9. The lowest BCUT2D eigenvalue weighted by molar-refractivity contribution is 0.298. The van der Waals surface area contributed by atoms with Crippen molar-refractivity contribution in [3.8, 4) is 0 Å². The van der Waals surface area contributed by atoms with Crippen LogP contribution in [0.3, 0.4) is 0 Å². The maximum atomic E-state index is 4.34. The molecule has 5 heteroatoms. The SMILES string of the molecule is CN=C(NCC1CCCS1)NCC(c1ccccc1)N(C)C. The Balaban J connectivity index is 1.84. The molecule has 0 saturated carbocycles. The monoisotopic (exact) mass is 320 g/mol. The zero-order chi connectivity index (χ0) is 15.8. The molecule has 1 aliphatic rings. The van der Waals surface area contributed by atoms with Crippen molar-refractivity contribution in [2.24, 2.45) is 4.99 Å². The first kappa shape index (κ1) is 17.2. The highest BCUT2D eigenvalue weighted by Gasteiger charge is 2.17. The van der Waals surface area contributed by atoms with Crippen LogP contribution in [0.25, 0.3) is 0 Å². The highest BCUT2D eigenvalue weighted by Crippen LogP contribution is 2.25. The number of hydrogen-bond donors (Lipinski definition) is 2. The van der Waals surface area contributed by atoms with Gasteiger partial charge in [-0.3, -0.25) is 4.99 Å². The van der Waals surface area contributed by atoms with Gasteiger partial charge in [-0.2, -0.15) is 11.8 Å². The largest absolute Gasteiger partial charge is 0.355 e. The molecule has 122 valence electrons. The van der Waals surface area contributed by atoms with E-state index < -0.39 is 0 Å². The summed E-state index contributed by atoms with van der Waals surface area (Å²) >= 11 is 2.07. The number of thioether (sulfide) groups is 1. The molecule has 1 aromatic rings. The standard InChI is InChI=1S/C17H28N4S/c1-18-17(19-12-15-10-7-11-22-15)20-13-16(21(2)3)14-8-5-4-6-9-14/h4-6,8-9,15-16H,7,10-13H2,1-3H3,(H2,18,19,20). The van der Waals surface area contributed by atoms with Crippen LogP contribution in [0.2, 0.25) is 0 Å². The van der Waals surface area contributed by atoms with Crippen LogP contribution in [-0.2, 0) is 0 Å². The van der Waals surface area contributed by atoms with Crippen molar-refractivity contribution in [3.63, 3.8) is 0 Å². The number of nitrogens with one attached hydrogen (secondary N) is 2. The van der Waals surface area contributed by atoms with E-state index in [-0.39, 0.29) is 0 Å². The van der Waals surface area contributed by atoms with Gasteiger partial charge in [-0.25, -0.2) is 0 Å². The Morgan fingerprint density at radius 1 is 1.32 bits per heavy atom. The first-order chi connectivity index (χ1) is 10.7. The third-order valence-electron chi connectivity index (χ3n) is 4.02. The first-order valence-electron chi connectivity index (χ1n) is 7.98. The van der Waals surface area contributed by atoms with Crippen LogP contribution < -0.4 is 10.6 Å². The Bertz CT molecular complexity index is 455. The van der Waals surface area contributed by atoms with E-state index in [4.69, 9.17) is 0 Å². The van der Waals surface area contributed by atoms with Gasteiger partial charge in [0.1, 0.15) is 0 Å². The lowest BCUT2D eigenvalue weighted by atomic mass is 10.1. The van der Waals surface area contributed by atoms with E-state index in [0.717, 1.165) is 24.3 Å². The van der Waals surface area contributed by atoms with Gasteiger partial charge in [-0.05, 0) is 38.3 Å². The van der Waals surface area contributed by atoms with Gasteiger partial charge in [0.15, 0.2) is 5.96 Å². The third-order valence-corrected chi connectivity index (χ3v) is 5.41. The molecule has 1 aliphatic heterocycles. The smallest absolute Gasteiger partial charge is 0.191 e. The molecule has 0 spiro atoms. The number of aliphatic imine (C=N–C) groups is 1. The molecule has 2 N–H and O–H groups in total. The van der Waals surface area contributed by atoms with Crippen LogP contribution in [0.15, 0.2) is 35.3 Å². The van der Waals surface area contributed by atoms with Gasteiger partial charge >= 0.3 is 0 Å². The second-order valence-electron chi connectivity index (χ2n) is 5.86. The summed E-state index contributed by atoms with van der Waals surface area (Å²) in [7, 11) is 6.07. The number of likely N-dealkylation sites (N-methyl/N-ethyl adjacent to an activating group) is 1. The maximum absolute atomic E-state index is 4.34. The maximum Gasteiger partial charge on any atom is 0.191 e. The third kappa shape index (κ3) is 5.21. The van der Waals surface area contributed by atoms with Crippen LogP contribution in [0, 0.1) is 0 Å². The lowest BCUT2D eigenvalue weighted by Crippen LogP contribution is -2.43. The van der Waals surface area contributed by atoms with E-state index in [2.05, 4.69) is 76.7 Å². The van der Waals surface area contributed by atoms with Crippen LogP contribution in [0.1, 0.15) is 24.4 Å². The first-order valence-corrected chi connectivity index (χ1v) is 9.03. The molecule has 2 unspecified atom stereocenters. The molecule has 0 amide bonds. The Morgan fingerprint density at radius 2 is 2.09 bits per heavy atom. The number of nitrogens with zero attached hydrogens (tertiary/aromatic N) is 2. The van der Waals surface area contributed by atoms with Gasteiger partial charge in [-0.15, -0.1) is 0 Å². The van der Waals surface area contributed by atoms with Gasteiger partial charge in [0, 0.05) is 25.4 Å². The van der Waals surface area contributed by atoms with E-state index in [1.165, 1.54) is 24.2 Å². The van der Waals surface area contributed by atoms with Crippen LogP contribution >= 0.6 is 11.8 Å². The molecule has 1 saturated heterocycles. The molecule has 1 fully saturated rings. The predicted molar refractivity (Wildman–Crippen MR) is 97.7 cm³/mol. The number of benzene rings is 1. The summed E-state index contributed by atoms with van der Waals surface area (Å²) in [4.78, 5) is 6.58. The molecule has 0 bridgehead atoms. The zero-order valence-electron chi connectivity index (χ0n) is 13.9. The molecule has 1 heterocycles. The fourth-order valence-corrected chi connectivity index (χ4v) is 3.90. The summed E-state index contributed by atoms with van der Waals surface area (Å²) in [6.45, 7) is 1.84.